The van der Waals surface area contributed by atoms with Gasteiger partial charge in [0.05, 0.1) is 0 Å². The Morgan fingerprint density at radius 2 is 1.23 bits per heavy atom. The molecule has 2 aromatic heterocycles. The van der Waals surface area contributed by atoms with E-state index >= 15 is 0 Å². The van der Waals surface area contributed by atoms with Crippen molar-refractivity contribution in [2.45, 2.75) is 31.1 Å². The van der Waals surface area contributed by atoms with E-state index < -0.39 is 0 Å². The Labute approximate surface area is 172 Å². The van der Waals surface area contributed by atoms with Gasteiger partial charge in [-0.1, -0.05) is 0 Å². The molecule has 0 spiro atoms. The van der Waals surface area contributed by atoms with E-state index in [1.165, 1.54) is 0 Å². The second-order valence-corrected chi connectivity index (χ2v) is 7.90. The first kappa shape index (κ1) is 18.3. The summed E-state index contributed by atoms with van der Waals surface area (Å²) in [4.78, 5) is 25.7. The summed E-state index contributed by atoms with van der Waals surface area (Å²) in [5, 5.41) is 12.6. The van der Waals surface area contributed by atoms with E-state index in [2.05, 4.69) is 35.2 Å². The molecule has 5 rings (SSSR count). The predicted octanol–water partition coefficient (Wildman–Crippen LogP) is 1.55. The fourth-order valence-electron chi connectivity index (χ4n) is 4.81. The summed E-state index contributed by atoms with van der Waals surface area (Å²) in [6.45, 7) is 0. The average molecular weight is 406 g/mol. The van der Waals surface area contributed by atoms with Gasteiger partial charge >= 0.3 is 0 Å². The summed E-state index contributed by atoms with van der Waals surface area (Å²) in [6.07, 6.45) is 2.89. The lowest BCUT2D eigenvalue weighted by atomic mass is 9.81. The SMILES string of the molecule is Nc1nc(N)nc(C2CC3CC2CC3c2nc(N)nc(Nc3ccc(O)cc3)n2)n1. The van der Waals surface area contributed by atoms with Gasteiger partial charge in [0.2, 0.25) is 23.8 Å². The van der Waals surface area contributed by atoms with Crippen molar-refractivity contribution in [3.05, 3.63) is 35.9 Å². The van der Waals surface area contributed by atoms with Crippen molar-refractivity contribution < 1.29 is 5.11 Å². The van der Waals surface area contributed by atoms with E-state index in [0.717, 1.165) is 24.9 Å². The van der Waals surface area contributed by atoms with Crippen LogP contribution < -0.4 is 22.5 Å². The zero-order valence-electron chi connectivity index (χ0n) is 16.1. The number of rotatable bonds is 4. The Morgan fingerprint density at radius 3 is 1.80 bits per heavy atom. The maximum Gasteiger partial charge on any atom is 0.232 e. The number of hydrogen-bond donors (Lipinski definition) is 5. The maximum atomic E-state index is 9.43. The highest BCUT2D eigenvalue weighted by Gasteiger charge is 2.49. The molecule has 0 aliphatic heterocycles. The normalized spacial score (nSPS) is 24.8. The highest BCUT2D eigenvalue weighted by Crippen LogP contribution is 2.58. The van der Waals surface area contributed by atoms with E-state index in [9.17, 15) is 5.11 Å². The molecule has 0 saturated heterocycles. The largest absolute Gasteiger partial charge is 0.508 e. The molecule has 8 N–H and O–H groups in total. The van der Waals surface area contributed by atoms with E-state index in [1.54, 1.807) is 24.3 Å². The van der Waals surface area contributed by atoms with Gasteiger partial charge in [-0.2, -0.15) is 29.9 Å². The number of aromatic hydroxyl groups is 1. The third kappa shape index (κ3) is 3.38. The van der Waals surface area contributed by atoms with Gasteiger partial charge in [-0.3, -0.25) is 0 Å². The van der Waals surface area contributed by atoms with Gasteiger partial charge < -0.3 is 27.6 Å². The molecule has 2 aliphatic rings. The number of nitrogen functional groups attached to an aromatic ring is 3. The van der Waals surface area contributed by atoms with Crippen LogP contribution in [0.15, 0.2) is 24.3 Å². The summed E-state index contributed by atoms with van der Waals surface area (Å²) in [5.74, 6) is 3.68. The number of fused-ring (bicyclic) bond motifs is 2. The molecule has 2 saturated carbocycles. The van der Waals surface area contributed by atoms with E-state index in [4.69, 9.17) is 17.2 Å². The molecular formula is C19H22N10O. The second-order valence-electron chi connectivity index (χ2n) is 7.90. The monoisotopic (exact) mass is 406 g/mol. The Morgan fingerprint density at radius 1 is 0.700 bits per heavy atom. The zero-order chi connectivity index (χ0) is 20.8. The van der Waals surface area contributed by atoms with Gasteiger partial charge in [-0.05, 0) is 55.4 Å². The standard InChI is InChI=1S/C19H22N10O/c20-16-24-14(25-17(21)28-16)12-6-9-5-8(12)7-13(9)15-26-18(22)29-19(27-15)23-10-1-3-11(30)4-2-10/h1-4,8-9,12-13,30H,5-7H2,(H4,20,21,24,25,28)(H3,22,23,26,27,29). The number of phenols is 1. The molecule has 2 bridgehead atoms. The Hall–Kier alpha value is -3.76. The zero-order valence-corrected chi connectivity index (χ0v) is 16.1. The van der Waals surface area contributed by atoms with Gasteiger partial charge in [0.25, 0.3) is 0 Å². The number of benzene rings is 1. The third-order valence-corrected chi connectivity index (χ3v) is 6.00. The van der Waals surface area contributed by atoms with Crippen LogP contribution in [0.4, 0.5) is 29.5 Å². The molecule has 0 radical (unpaired) electrons. The number of aromatic nitrogens is 6. The minimum Gasteiger partial charge on any atom is -0.508 e. The molecule has 11 nitrogen and oxygen atoms in total. The van der Waals surface area contributed by atoms with Gasteiger partial charge in [-0.25, -0.2) is 0 Å². The highest BCUT2D eigenvalue weighted by atomic mass is 16.3. The topological polar surface area (TPSA) is 188 Å². The van der Waals surface area contributed by atoms with Crippen LogP contribution in [0.1, 0.15) is 42.7 Å². The van der Waals surface area contributed by atoms with Gasteiger partial charge in [0.15, 0.2) is 0 Å². The first-order valence-corrected chi connectivity index (χ1v) is 9.79. The van der Waals surface area contributed by atoms with Crippen LogP contribution in [0.25, 0.3) is 0 Å². The Bertz CT molecular complexity index is 1070. The minimum atomic E-state index is 0.159. The lowest BCUT2D eigenvalue weighted by molar-refractivity contribution is 0.355. The first-order chi connectivity index (χ1) is 14.4. The molecule has 11 heteroatoms. The van der Waals surface area contributed by atoms with Crippen LogP contribution in [0, 0.1) is 11.8 Å². The maximum absolute atomic E-state index is 9.43. The quantitative estimate of drug-likeness (QED) is 0.395. The molecular weight excluding hydrogens is 384 g/mol. The summed E-state index contributed by atoms with van der Waals surface area (Å²) < 4.78 is 0. The van der Waals surface area contributed by atoms with Crippen LogP contribution in [0.3, 0.4) is 0 Å². The van der Waals surface area contributed by atoms with Crippen molar-refractivity contribution in [2.24, 2.45) is 11.8 Å². The summed E-state index contributed by atoms with van der Waals surface area (Å²) in [6, 6.07) is 6.65. The van der Waals surface area contributed by atoms with Crippen molar-refractivity contribution in [1.29, 1.82) is 0 Å². The Kier molecular flexibility index (Phi) is 4.23. The van der Waals surface area contributed by atoms with E-state index in [-0.39, 0.29) is 35.4 Å². The van der Waals surface area contributed by atoms with Crippen LogP contribution in [0.2, 0.25) is 0 Å². The van der Waals surface area contributed by atoms with Crippen LogP contribution in [-0.2, 0) is 0 Å². The summed E-state index contributed by atoms with van der Waals surface area (Å²) >= 11 is 0. The number of nitrogens with zero attached hydrogens (tertiary/aromatic N) is 6. The van der Waals surface area contributed by atoms with E-state index in [1.807, 2.05) is 0 Å². The predicted molar refractivity (Wildman–Crippen MR) is 111 cm³/mol. The molecule has 4 unspecified atom stereocenters. The number of hydrogen-bond acceptors (Lipinski definition) is 11. The third-order valence-electron chi connectivity index (χ3n) is 6.00. The average Bonchev–Trinajstić information content (AvgIpc) is 3.30. The molecule has 154 valence electrons. The Balaban J connectivity index is 1.35. The van der Waals surface area contributed by atoms with Crippen molar-refractivity contribution in [2.75, 3.05) is 22.5 Å². The number of nitrogens with one attached hydrogen (secondary N) is 1. The summed E-state index contributed by atoms with van der Waals surface area (Å²) in [7, 11) is 0. The molecule has 30 heavy (non-hydrogen) atoms. The molecule has 1 aromatic carbocycles. The number of anilines is 5. The van der Waals surface area contributed by atoms with Gasteiger partial charge in [0, 0.05) is 17.5 Å². The molecule has 2 fully saturated rings. The van der Waals surface area contributed by atoms with Crippen LogP contribution in [-0.4, -0.2) is 35.0 Å². The summed E-state index contributed by atoms with van der Waals surface area (Å²) in [5.41, 5.74) is 18.2. The van der Waals surface area contributed by atoms with Crippen LogP contribution >= 0.6 is 0 Å². The van der Waals surface area contributed by atoms with Crippen LogP contribution in [0.5, 0.6) is 5.75 Å². The molecule has 2 aliphatic carbocycles. The fourth-order valence-corrected chi connectivity index (χ4v) is 4.81. The van der Waals surface area contributed by atoms with Crippen molar-refractivity contribution >= 4 is 29.5 Å². The molecule has 3 aromatic rings. The molecule has 2 heterocycles. The number of nitrogens with two attached hydrogens (primary N) is 3. The van der Waals surface area contributed by atoms with Crippen molar-refractivity contribution in [3.63, 3.8) is 0 Å². The van der Waals surface area contributed by atoms with Crippen molar-refractivity contribution in [1.82, 2.24) is 29.9 Å². The van der Waals surface area contributed by atoms with E-state index in [0.29, 0.717) is 29.4 Å². The van der Waals surface area contributed by atoms with Gasteiger partial charge in [0.1, 0.15) is 17.4 Å². The fraction of sp³-hybridized carbons (Fsp3) is 0.368. The first-order valence-electron chi connectivity index (χ1n) is 9.79. The second kappa shape index (κ2) is 6.94. The van der Waals surface area contributed by atoms with Crippen molar-refractivity contribution in [3.8, 4) is 5.75 Å². The smallest absolute Gasteiger partial charge is 0.232 e. The minimum absolute atomic E-state index is 0.159. The van der Waals surface area contributed by atoms with Gasteiger partial charge in [-0.15, -0.1) is 0 Å². The number of phenolic OH excluding ortho intramolecular Hbond substituents is 1. The highest BCUT2D eigenvalue weighted by molar-refractivity contribution is 5.55. The lowest BCUT2D eigenvalue weighted by Gasteiger charge is -2.26. The molecule has 0 amide bonds. The lowest BCUT2D eigenvalue weighted by Crippen LogP contribution is -2.21. The molecule has 4 atom stereocenters.